The molecule has 0 bridgehead atoms. The van der Waals surface area contributed by atoms with E-state index in [2.05, 4.69) is 10.3 Å². The molecule has 20 heavy (non-hydrogen) atoms. The fourth-order valence-corrected chi connectivity index (χ4v) is 5.12. The molecule has 0 saturated carbocycles. The fourth-order valence-electron chi connectivity index (χ4n) is 2.56. The average molecular weight is 313 g/mol. The first-order valence-electron chi connectivity index (χ1n) is 6.84. The van der Waals surface area contributed by atoms with Gasteiger partial charge in [-0.25, -0.2) is 4.98 Å². The lowest BCUT2D eigenvalue weighted by atomic mass is 10.1. The summed E-state index contributed by atoms with van der Waals surface area (Å²) < 4.78 is 7.73. The van der Waals surface area contributed by atoms with Gasteiger partial charge in [-0.1, -0.05) is 0 Å². The Balaban J connectivity index is 1.64. The molecular weight excluding hydrogens is 294 g/mol. The molecule has 3 rings (SSSR count). The Morgan fingerprint density at radius 3 is 3.15 bits per heavy atom. The van der Waals surface area contributed by atoms with Gasteiger partial charge in [0.25, 0.3) is 0 Å². The van der Waals surface area contributed by atoms with Gasteiger partial charge in [0.1, 0.15) is 11.9 Å². The van der Waals surface area contributed by atoms with E-state index in [1.165, 1.54) is 0 Å². The number of thioether (sulfide) groups is 2. The Morgan fingerprint density at radius 2 is 2.45 bits per heavy atom. The Hall–Kier alpha value is -0.660. The lowest BCUT2D eigenvalue weighted by Gasteiger charge is -2.24. The SMILES string of the molecule is Cn1ccnc1[C@H]1OCC[C@@H]1NC(=O)[C@H]1CSCCS1. The topological polar surface area (TPSA) is 56.1 Å². The van der Waals surface area contributed by atoms with Gasteiger partial charge in [-0.15, -0.1) is 11.8 Å². The second kappa shape index (κ2) is 6.41. The van der Waals surface area contributed by atoms with E-state index in [-0.39, 0.29) is 23.3 Å². The number of carbonyl (C=O) groups is 1. The standard InChI is InChI=1S/C13H19N3O2S2/c1-16-4-3-14-12(16)11-9(2-5-18-11)15-13(17)10-8-19-6-7-20-10/h3-4,9-11H,2,5-8H2,1H3,(H,15,17)/t9-,10+,11-/m0/s1. The predicted octanol–water partition coefficient (Wildman–Crippen LogP) is 1.21. The third-order valence-electron chi connectivity index (χ3n) is 3.64. The molecular formula is C13H19N3O2S2. The molecule has 1 aromatic rings. The Morgan fingerprint density at radius 1 is 1.55 bits per heavy atom. The van der Waals surface area contributed by atoms with Crippen molar-refractivity contribution in [3.63, 3.8) is 0 Å². The zero-order chi connectivity index (χ0) is 13.9. The van der Waals surface area contributed by atoms with E-state index in [1.807, 2.05) is 29.6 Å². The summed E-state index contributed by atoms with van der Waals surface area (Å²) in [5, 5.41) is 3.24. The zero-order valence-corrected chi connectivity index (χ0v) is 13.1. The van der Waals surface area contributed by atoms with E-state index >= 15 is 0 Å². The Labute approximate surface area is 127 Å². The molecule has 1 N–H and O–H groups in total. The Bertz CT molecular complexity index is 474. The van der Waals surface area contributed by atoms with Crippen molar-refractivity contribution in [2.24, 2.45) is 7.05 Å². The number of aryl methyl sites for hydroxylation is 1. The van der Waals surface area contributed by atoms with Crippen molar-refractivity contribution in [3.8, 4) is 0 Å². The van der Waals surface area contributed by atoms with Crippen LogP contribution in [0.25, 0.3) is 0 Å². The number of nitrogens with zero attached hydrogens (tertiary/aromatic N) is 2. The maximum absolute atomic E-state index is 12.3. The van der Waals surface area contributed by atoms with Crippen LogP contribution in [-0.4, -0.2) is 50.6 Å². The van der Waals surface area contributed by atoms with E-state index in [9.17, 15) is 4.79 Å². The molecule has 2 fully saturated rings. The van der Waals surface area contributed by atoms with Gasteiger partial charge >= 0.3 is 0 Å². The van der Waals surface area contributed by atoms with Crippen LogP contribution >= 0.6 is 23.5 Å². The second-order valence-electron chi connectivity index (χ2n) is 5.03. The van der Waals surface area contributed by atoms with Crippen molar-refractivity contribution in [2.45, 2.75) is 23.8 Å². The van der Waals surface area contributed by atoms with Crippen molar-refractivity contribution < 1.29 is 9.53 Å². The second-order valence-corrected chi connectivity index (χ2v) is 7.49. The molecule has 3 heterocycles. The maximum Gasteiger partial charge on any atom is 0.234 e. The molecule has 0 unspecified atom stereocenters. The molecule has 110 valence electrons. The Kier molecular flexibility index (Phi) is 4.58. The highest BCUT2D eigenvalue weighted by molar-refractivity contribution is 8.07. The van der Waals surface area contributed by atoms with Crippen molar-refractivity contribution in [1.82, 2.24) is 14.9 Å². The van der Waals surface area contributed by atoms with E-state index in [0.29, 0.717) is 6.61 Å². The van der Waals surface area contributed by atoms with Gasteiger partial charge in [0.05, 0.1) is 11.3 Å². The van der Waals surface area contributed by atoms with Crippen molar-refractivity contribution in [2.75, 3.05) is 23.9 Å². The number of hydrogen-bond donors (Lipinski definition) is 1. The molecule has 0 aliphatic carbocycles. The highest BCUT2D eigenvalue weighted by atomic mass is 32.2. The van der Waals surface area contributed by atoms with Gasteiger partial charge in [-0.3, -0.25) is 4.79 Å². The predicted molar refractivity (Wildman–Crippen MR) is 82.0 cm³/mol. The van der Waals surface area contributed by atoms with Crippen LogP contribution in [0.4, 0.5) is 0 Å². The highest BCUT2D eigenvalue weighted by Crippen LogP contribution is 2.29. The summed E-state index contributed by atoms with van der Waals surface area (Å²) in [7, 11) is 1.95. The molecule has 0 spiro atoms. The summed E-state index contributed by atoms with van der Waals surface area (Å²) in [5.41, 5.74) is 0. The first-order valence-corrected chi connectivity index (χ1v) is 9.04. The van der Waals surface area contributed by atoms with Gasteiger partial charge in [0, 0.05) is 43.3 Å². The largest absolute Gasteiger partial charge is 0.368 e. The van der Waals surface area contributed by atoms with E-state index < -0.39 is 0 Å². The van der Waals surface area contributed by atoms with Gasteiger partial charge in [0.2, 0.25) is 5.91 Å². The van der Waals surface area contributed by atoms with Crippen LogP contribution < -0.4 is 5.32 Å². The number of rotatable bonds is 3. The van der Waals surface area contributed by atoms with Crippen molar-refractivity contribution in [3.05, 3.63) is 18.2 Å². The van der Waals surface area contributed by atoms with Gasteiger partial charge in [-0.2, -0.15) is 11.8 Å². The monoisotopic (exact) mass is 313 g/mol. The summed E-state index contributed by atoms with van der Waals surface area (Å²) in [6, 6.07) is 0.0381. The normalized spacial score (nSPS) is 30.4. The first-order chi connectivity index (χ1) is 9.75. The van der Waals surface area contributed by atoms with Crippen LogP contribution in [0.1, 0.15) is 18.3 Å². The van der Waals surface area contributed by atoms with E-state index in [0.717, 1.165) is 29.5 Å². The minimum absolute atomic E-state index is 0.0381. The molecule has 3 atom stereocenters. The number of imidazole rings is 1. The lowest BCUT2D eigenvalue weighted by molar-refractivity contribution is -0.121. The summed E-state index contributed by atoms with van der Waals surface area (Å²) >= 11 is 3.62. The van der Waals surface area contributed by atoms with Crippen LogP contribution in [0.3, 0.4) is 0 Å². The minimum atomic E-state index is -0.125. The fraction of sp³-hybridized carbons (Fsp3) is 0.692. The highest BCUT2D eigenvalue weighted by Gasteiger charge is 2.35. The van der Waals surface area contributed by atoms with Crippen molar-refractivity contribution in [1.29, 1.82) is 0 Å². The number of ether oxygens (including phenoxy) is 1. The minimum Gasteiger partial charge on any atom is -0.368 e. The summed E-state index contributed by atoms with van der Waals surface area (Å²) in [4.78, 5) is 16.7. The molecule has 0 aromatic carbocycles. The quantitative estimate of drug-likeness (QED) is 0.909. The average Bonchev–Trinajstić information content (AvgIpc) is 3.08. The van der Waals surface area contributed by atoms with E-state index in [1.54, 1.807) is 18.0 Å². The summed E-state index contributed by atoms with van der Waals surface area (Å²) in [6.45, 7) is 0.676. The van der Waals surface area contributed by atoms with Gasteiger partial charge in [-0.05, 0) is 6.42 Å². The summed E-state index contributed by atoms with van der Waals surface area (Å²) in [5.74, 6) is 4.16. The van der Waals surface area contributed by atoms with E-state index in [4.69, 9.17) is 4.74 Å². The smallest absolute Gasteiger partial charge is 0.234 e. The first kappa shape index (κ1) is 14.3. The summed E-state index contributed by atoms with van der Waals surface area (Å²) in [6.07, 6.45) is 4.40. The van der Waals surface area contributed by atoms with Gasteiger partial charge in [0.15, 0.2) is 0 Å². The third kappa shape index (κ3) is 2.99. The van der Waals surface area contributed by atoms with Crippen LogP contribution in [0.15, 0.2) is 12.4 Å². The van der Waals surface area contributed by atoms with Gasteiger partial charge < -0.3 is 14.6 Å². The molecule has 5 nitrogen and oxygen atoms in total. The number of hydrogen-bond acceptors (Lipinski definition) is 5. The molecule has 2 saturated heterocycles. The van der Waals surface area contributed by atoms with Crippen LogP contribution in [-0.2, 0) is 16.6 Å². The number of carbonyl (C=O) groups excluding carboxylic acids is 1. The lowest BCUT2D eigenvalue weighted by Crippen LogP contribution is -2.43. The van der Waals surface area contributed by atoms with Crippen LogP contribution in [0.2, 0.25) is 0 Å². The molecule has 2 aliphatic rings. The van der Waals surface area contributed by atoms with Crippen LogP contribution in [0.5, 0.6) is 0 Å². The number of aromatic nitrogens is 2. The number of amides is 1. The van der Waals surface area contributed by atoms with Crippen molar-refractivity contribution >= 4 is 29.4 Å². The molecule has 1 amide bonds. The van der Waals surface area contributed by atoms with Crippen LogP contribution in [0, 0.1) is 0 Å². The number of nitrogens with one attached hydrogen (secondary N) is 1. The molecule has 0 radical (unpaired) electrons. The molecule has 7 heteroatoms. The molecule has 2 aliphatic heterocycles. The third-order valence-corrected chi connectivity index (χ3v) is 6.39. The zero-order valence-electron chi connectivity index (χ0n) is 11.4. The molecule has 1 aromatic heterocycles. The maximum atomic E-state index is 12.3.